The number of hydrogen-bond acceptors (Lipinski definition) is 1. The van der Waals surface area contributed by atoms with Crippen molar-refractivity contribution in [3.63, 3.8) is 0 Å². The standard InChI is InChI=1S/C5H11N/c1-4-5(2)6(4)3/h4-5H,1-3H3. The van der Waals surface area contributed by atoms with Crippen molar-refractivity contribution in [3.8, 4) is 0 Å². The van der Waals surface area contributed by atoms with Gasteiger partial charge in [-0.25, -0.2) is 0 Å². The highest BCUT2D eigenvalue weighted by Gasteiger charge is 2.34. The third-order valence-corrected chi connectivity index (χ3v) is 1.89. The number of nitrogens with zero attached hydrogens (tertiary/aromatic N) is 1. The van der Waals surface area contributed by atoms with Gasteiger partial charge in [-0.05, 0) is 20.9 Å². The summed E-state index contributed by atoms with van der Waals surface area (Å²) < 4.78 is 0. The van der Waals surface area contributed by atoms with Crippen molar-refractivity contribution in [2.75, 3.05) is 7.05 Å². The van der Waals surface area contributed by atoms with Gasteiger partial charge >= 0.3 is 0 Å². The minimum atomic E-state index is 0.852. The molecule has 0 aromatic carbocycles. The molecule has 36 valence electrons. The minimum Gasteiger partial charge on any atom is -0.298 e. The molecule has 1 heteroatoms. The topological polar surface area (TPSA) is 3.01 Å². The largest absolute Gasteiger partial charge is 0.298 e. The van der Waals surface area contributed by atoms with Gasteiger partial charge in [0, 0.05) is 12.1 Å². The van der Waals surface area contributed by atoms with Crippen LogP contribution in [0.4, 0.5) is 0 Å². The summed E-state index contributed by atoms with van der Waals surface area (Å²) in [6.45, 7) is 4.48. The molecule has 0 radical (unpaired) electrons. The fourth-order valence-corrected chi connectivity index (χ4v) is 0.686. The summed E-state index contributed by atoms with van der Waals surface area (Å²) >= 11 is 0. The Bertz CT molecular complexity index is 40.7. The van der Waals surface area contributed by atoms with Gasteiger partial charge in [0.25, 0.3) is 0 Å². The highest BCUT2D eigenvalue weighted by Crippen LogP contribution is 2.22. The first-order chi connectivity index (χ1) is 2.73. The van der Waals surface area contributed by atoms with Crippen LogP contribution in [0.2, 0.25) is 0 Å². The Morgan fingerprint density at radius 1 is 1.17 bits per heavy atom. The van der Waals surface area contributed by atoms with E-state index in [1.165, 1.54) is 0 Å². The van der Waals surface area contributed by atoms with E-state index in [-0.39, 0.29) is 0 Å². The molecule has 0 N–H and O–H groups in total. The van der Waals surface area contributed by atoms with Gasteiger partial charge in [-0.1, -0.05) is 0 Å². The van der Waals surface area contributed by atoms with E-state index in [1.807, 2.05) is 0 Å². The lowest BCUT2D eigenvalue weighted by Crippen LogP contribution is -1.85. The quantitative estimate of drug-likeness (QED) is 0.391. The van der Waals surface area contributed by atoms with E-state index in [1.54, 1.807) is 0 Å². The van der Waals surface area contributed by atoms with Gasteiger partial charge in [-0.2, -0.15) is 0 Å². The first-order valence-corrected chi connectivity index (χ1v) is 2.45. The van der Waals surface area contributed by atoms with Crippen LogP contribution in [0, 0.1) is 0 Å². The summed E-state index contributed by atoms with van der Waals surface area (Å²) in [4.78, 5) is 2.33. The molecule has 0 amide bonds. The fourth-order valence-electron chi connectivity index (χ4n) is 0.686. The average Bonchev–Trinajstić information content (AvgIpc) is 1.94. The Balaban J connectivity index is 2.31. The maximum Gasteiger partial charge on any atom is 0.0221 e. The molecule has 1 fully saturated rings. The van der Waals surface area contributed by atoms with Crippen molar-refractivity contribution >= 4 is 0 Å². The molecule has 1 nitrogen and oxygen atoms in total. The van der Waals surface area contributed by atoms with Crippen LogP contribution >= 0.6 is 0 Å². The van der Waals surface area contributed by atoms with Crippen LogP contribution < -0.4 is 0 Å². The molecule has 0 spiro atoms. The van der Waals surface area contributed by atoms with E-state index in [9.17, 15) is 0 Å². The van der Waals surface area contributed by atoms with Crippen molar-refractivity contribution in [1.29, 1.82) is 0 Å². The lowest BCUT2D eigenvalue weighted by atomic mass is 10.4. The summed E-state index contributed by atoms with van der Waals surface area (Å²) in [5, 5.41) is 0. The van der Waals surface area contributed by atoms with Gasteiger partial charge in [0.15, 0.2) is 0 Å². The highest BCUT2D eigenvalue weighted by molar-refractivity contribution is 4.91. The zero-order chi connectivity index (χ0) is 4.73. The molecule has 2 atom stereocenters. The van der Waals surface area contributed by atoms with Gasteiger partial charge < -0.3 is 0 Å². The molecule has 1 heterocycles. The molecule has 0 saturated carbocycles. The Morgan fingerprint density at radius 3 is 1.33 bits per heavy atom. The van der Waals surface area contributed by atoms with Crippen molar-refractivity contribution in [2.24, 2.45) is 0 Å². The molecule has 2 unspecified atom stereocenters. The van der Waals surface area contributed by atoms with E-state index in [0.29, 0.717) is 0 Å². The molecule has 0 aliphatic carbocycles. The van der Waals surface area contributed by atoms with Crippen molar-refractivity contribution < 1.29 is 0 Å². The van der Waals surface area contributed by atoms with Crippen molar-refractivity contribution in [2.45, 2.75) is 25.9 Å². The van der Waals surface area contributed by atoms with E-state index in [2.05, 4.69) is 25.8 Å². The van der Waals surface area contributed by atoms with Crippen LogP contribution in [-0.4, -0.2) is 24.0 Å². The molecule has 1 rings (SSSR count). The second-order valence-electron chi connectivity index (χ2n) is 2.15. The van der Waals surface area contributed by atoms with E-state index in [4.69, 9.17) is 0 Å². The fraction of sp³-hybridized carbons (Fsp3) is 1.00. The first kappa shape index (κ1) is 4.13. The Morgan fingerprint density at radius 2 is 1.33 bits per heavy atom. The minimum absolute atomic E-state index is 0.852. The molecule has 0 aromatic heterocycles. The number of rotatable bonds is 0. The maximum absolute atomic E-state index is 2.33. The average molecular weight is 85.2 g/mol. The smallest absolute Gasteiger partial charge is 0.0221 e. The summed E-state index contributed by atoms with van der Waals surface area (Å²) in [5.41, 5.74) is 0. The first-order valence-electron chi connectivity index (χ1n) is 2.45. The summed E-state index contributed by atoms with van der Waals surface area (Å²) in [6.07, 6.45) is 0. The van der Waals surface area contributed by atoms with Gasteiger partial charge in [-0.15, -0.1) is 0 Å². The maximum atomic E-state index is 2.33. The highest BCUT2D eigenvalue weighted by atomic mass is 15.3. The monoisotopic (exact) mass is 85.1 g/mol. The predicted molar refractivity (Wildman–Crippen MR) is 26.7 cm³/mol. The third-order valence-electron chi connectivity index (χ3n) is 1.89. The normalized spacial score (nSPS) is 55.5. The molecule has 1 aliphatic heterocycles. The zero-order valence-corrected chi connectivity index (χ0v) is 4.60. The predicted octanol–water partition coefficient (Wildman–Crippen LogP) is 0.709. The molecule has 6 heavy (non-hydrogen) atoms. The van der Waals surface area contributed by atoms with E-state index in [0.717, 1.165) is 12.1 Å². The van der Waals surface area contributed by atoms with Crippen LogP contribution in [0.25, 0.3) is 0 Å². The summed E-state index contributed by atoms with van der Waals surface area (Å²) in [5.74, 6) is 0. The van der Waals surface area contributed by atoms with Crippen molar-refractivity contribution in [3.05, 3.63) is 0 Å². The van der Waals surface area contributed by atoms with Gasteiger partial charge in [-0.3, -0.25) is 4.90 Å². The molecular weight excluding hydrogens is 74.1 g/mol. The van der Waals surface area contributed by atoms with Crippen LogP contribution in [0.5, 0.6) is 0 Å². The SMILES string of the molecule is CC1C(C)N1C. The molecular formula is C5H11N. The Hall–Kier alpha value is -0.0400. The molecule has 1 saturated heterocycles. The number of hydrogen-bond donors (Lipinski definition) is 0. The van der Waals surface area contributed by atoms with Crippen LogP contribution in [-0.2, 0) is 0 Å². The summed E-state index contributed by atoms with van der Waals surface area (Å²) in [7, 11) is 2.15. The summed E-state index contributed by atoms with van der Waals surface area (Å²) in [6, 6.07) is 1.70. The lowest BCUT2D eigenvalue weighted by molar-refractivity contribution is 0.605. The van der Waals surface area contributed by atoms with E-state index >= 15 is 0 Å². The molecule has 0 bridgehead atoms. The van der Waals surface area contributed by atoms with Crippen LogP contribution in [0.15, 0.2) is 0 Å². The molecule has 1 aliphatic rings. The van der Waals surface area contributed by atoms with E-state index < -0.39 is 0 Å². The van der Waals surface area contributed by atoms with Crippen LogP contribution in [0.3, 0.4) is 0 Å². The van der Waals surface area contributed by atoms with Crippen molar-refractivity contribution in [1.82, 2.24) is 4.90 Å². The lowest BCUT2D eigenvalue weighted by Gasteiger charge is -1.77. The zero-order valence-electron chi connectivity index (χ0n) is 4.60. The van der Waals surface area contributed by atoms with Gasteiger partial charge in [0.1, 0.15) is 0 Å². The second-order valence-corrected chi connectivity index (χ2v) is 2.15. The Kier molecular flexibility index (Phi) is 0.667. The third kappa shape index (κ3) is 0.350. The number of likely N-dealkylation sites (N-methyl/N-ethyl adjacent to an activating group) is 1. The van der Waals surface area contributed by atoms with Crippen LogP contribution in [0.1, 0.15) is 13.8 Å². The van der Waals surface area contributed by atoms with Gasteiger partial charge in [0.05, 0.1) is 0 Å². The van der Waals surface area contributed by atoms with Gasteiger partial charge in [0.2, 0.25) is 0 Å². The second kappa shape index (κ2) is 0.969. The molecule has 0 aromatic rings. The Labute approximate surface area is 39.0 Å².